The highest BCUT2D eigenvalue weighted by molar-refractivity contribution is 5.83. The van der Waals surface area contributed by atoms with Gasteiger partial charge in [-0.1, -0.05) is 44.2 Å². The number of hydrogen-bond acceptors (Lipinski definition) is 2. The van der Waals surface area contributed by atoms with Crippen LogP contribution < -0.4 is 5.11 Å². The number of benzene rings is 1. The number of hydrogen-bond donors (Lipinski definition) is 0. The van der Waals surface area contributed by atoms with E-state index < -0.39 is 5.97 Å². The predicted octanol–water partition coefficient (Wildman–Crippen LogP) is 1.57. The van der Waals surface area contributed by atoms with Crippen molar-refractivity contribution in [1.29, 1.82) is 0 Å². The molecule has 0 aliphatic rings. The summed E-state index contributed by atoms with van der Waals surface area (Å²) >= 11 is 0. The van der Waals surface area contributed by atoms with Crippen molar-refractivity contribution in [2.75, 3.05) is 0 Å². The molecule has 0 saturated carbocycles. The van der Waals surface area contributed by atoms with Gasteiger partial charge in [0.05, 0.1) is 5.97 Å². The zero-order valence-corrected chi connectivity index (χ0v) is 8.36. The van der Waals surface area contributed by atoms with Gasteiger partial charge in [-0.25, -0.2) is 0 Å². The Bertz CT molecular complexity index is 334. The van der Waals surface area contributed by atoms with Crippen molar-refractivity contribution in [2.24, 2.45) is 0 Å². The average molecular weight is 189 g/mol. The predicted molar refractivity (Wildman–Crippen MR) is 54.6 cm³/mol. The number of rotatable bonds is 3. The third kappa shape index (κ3) is 3.05. The molecule has 0 aromatic heterocycles. The standard InChI is InChI=1S/C12H14O2/c1-9(2)11-6-3-10(4-7-11)5-8-12(13)14/h3-9H,1-2H3,(H,13,14)/p-1/b8-5-. The first-order chi connectivity index (χ1) is 6.59. The second kappa shape index (κ2) is 4.61. The number of carbonyl (C=O) groups is 1. The molecule has 1 aromatic rings. The first-order valence-electron chi connectivity index (χ1n) is 4.58. The summed E-state index contributed by atoms with van der Waals surface area (Å²) in [6, 6.07) is 7.79. The summed E-state index contributed by atoms with van der Waals surface area (Å²) in [5.74, 6) is -0.674. The fourth-order valence-corrected chi connectivity index (χ4v) is 1.16. The molecule has 0 unspecified atom stereocenters. The van der Waals surface area contributed by atoms with Gasteiger partial charge >= 0.3 is 0 Å². The lowest BCUT2D eigenvalue weighted by Crippen LogP contribution is -2.18. The van der Waals surface area contributed by atoms with Crippen molar-refractivity contribution in [3.63, 3.8) is 0 Å². The molecule has 0 fully saturated rings. The fraction of sp³-hybridized carbons (Fsp3) is 0.250. The van der Waals surface area contributed by atoms with E-state index in [1.165, 1.54) is 11.6 Å². The SMILES string of the molecule is CC(C)c1ccc(/C=C\C(=O)[O-])cc1. The van der Waals surface area contributed by atoms with Crippen LogP contribution in [0.25, 0.3) is 6.08 Å². The van der Waals surface area contributed by atoms with Gasteiger partial charge in [0.25, 0.3) is 0 Å². The topological polar surface area (TPSA) is 40.1 Å². The summed E-state index contributed by atoms with van der Waals surface area (Å²) in [6.07, 6.45) is 2.56. The molecule has 0 heterocycles. The molecule has 0 bridgehead atoms. The molecule has 0 atom stereocenters. The molecule has 0 amide bonds. The highest BCUT2D eigenvalue weighted by Gasteiger charge is 1.96. The zero-order chi connectivity index (χ0) is 10.6. The Hall–Kier alpha value is -1.57. The van der Waals surface area contributed by atoms with E-state index in [0.717, 1.165) is 11.6 Å². The van der Waals surface area contributed by atoms with Crippen molar-refractivity contribution in [2.45, 2.75) is 19.8 Å². The zero-order valence-electron chi connectivity index (χ0n) is 8.36. The van der Waals surface area contributed by atoms with E-state index in [9.17, 15) is 9.90 Å². The van der Waals surface area contributed by atoms with Gasteiger partial charge in [0.2, 0.25) is 0 Å². The molecule has 74 valence electrons. The van der Waals surface area contributed by atoms with Crippen LogP contribution in [-0.2, 0) is 4.79 Å². The molecule has 14 heavy (non-hydrogen) atoms. The van der Waals surface area contributed by atoms with Crippen molar-refractivity contribution >= 4 is 12.0 Å². The molecule has 2 nitrogen and oxygen atoms in total. The number of carboxylic acid groups (broad SMARTS) is 1. The smallest absolute Gasteiger partial charge is 0.0643 e. The van der Waals surface area contributed by atoms with E-state index >= 15 is 0 Å². The molecule has 0 aliphatic carbocycles. The summed E-state index contributed by atoms with van der Waals surface area (Å²) in [5.41, 5.74) is 2.12. The van der Waals surface area contributed by atoms with E-state index in [1.54, 1.807) is 0 Å². The maximum Gasteiger partial charge on any atom is 0.0643 e. The van der Waals surface area contributed by atoms with E-state index in [0.29, 0.717) is 5.92 Å². The monoisotopic (exact) mass is 189 g/mol. The van der Waals surface area contributed by atoms with Gasteiger partial charge in [0, 0.05) is 0 Å². The number of carbonyl (C=O) groups excluding carboxylic acids is 1. The summed E-state index contributed by atoms with van der Waals surface area (Å²) in [7, 11) is 0. The first-order valence-corrected chi connectivity index (χ1v) is 4.58. The van der Waals surface area contributed by atoms with Crippen LogP contribution in [0, 0.1) is 0 Å². The minimum Gasteiger partial charge on any atom is -0.545 e. The highest BCUT2D eigenvalue weighted by Crippen LogP contribution is 2.15. The summed E-state index contributed by atoms with van der Waals surface area (Å²) in [4.78, 5) is 10.1. The third-order valence-electron chi connectivity index (χ3n) is 2.01. The molecule has 0 aliphatic heterocycles. The van der Waals surface area contributed by atoms with E-state index in [1.807, 2.05) is 24.3 Å². The number of aliphatic carboxylic acids is 1. The normalized spacial score (nSPS) is 11.1. The Kier molecular flexibility index (Phi) is 3.46. The first kappa shape index (κ1) is 10.5. The minimum absolute atomic E-state index is 0.495. The lowest BCUT2D eigenvalue weighted by atomic mass is 10.0. The largest absolute Gasteiger partial charge is 0.545 e. The third-order valence-corrected chi connectivity index (χ3v) is 2.01. The molecular weight excluding hydrogens is 176 g/mol. The van der Waals surface area contributed by atoms with Crippen LogP contribution in [0.15, 0.2) is 30.3 Å². The van der Waals surface area contributed by atoms with Gasteiger partial charge in [-0.15, -0.1) is 0 Å². The van der Waals surface area contributed by atoms with Crippen LogP contribution in [0.5, 0.6) is 0 Å². The Morgan fingerprint density at radius 1 is 1.29 bits per heavy atom. The lowest BCUT2D eigenvalue weighted by Gasteiger charge is -2.04. The van der Waals surface area contributed by atoms with Gasteiger partial charge in [-0.05, 0) is 23.1 Å². The van der Waals surface area contributed by atoms with Crippen LogP contribution in [0.2, 0.25) is 0 Å². The lowest BCUT2D eigenvalue weighted by molar-refractivity contribution is -0.297. The second-order valence-electron chi connectivity index (χ2n) is 3.47. The Morgan fingerprint density at radius 3 is 2.29 bits per heavy atom. The minimum atomic E-state index is -1.17. The number of carboxylic acids is 1. The van der Waals surface area contributed by atoms with E-state index in [2.05, 4.69) is 13.8 Å². The molecule has 0 saturated heterocycles. The Labute approximate surface area is 83.9 Å². The van der Waals surface area contributed by atoms with Crippen molar-refractivity contribution in [3.8, 4) is 0 Å². The molecule has 0 spiro atoms. The Balaban J connectivity index is 2.78. The van der Waals surface area contributed by atoms with Gasteiger partial charge in [0.15, 0.2) is 0 Å². The van der Waals surface area contributed by atoms with Crippen LogP contribution in [0.4, 0.5) is 0 Å². The summed E-state index contributed by atoms with van der Waals surface area (Å²) < 4.78 is 0. The van der Waals surface area contributed by atoms with Crippen molar-refractivity contribution in [1.82, 2.24) is 0 Å². The average Bonchev–Trinajstić information content (AvgIpc) is 2.15. The fourth-order valence-electron chi connectivity index (χ4n) is 1.16. The molecule has 1 aromatic carbocycles. The molecule has 1 rings (SSSR count). The maximum absolute atomic E-state index is 10.1. The van der Waals surface area contributed by atoms with Gasteiger partial charge in [0.1, 0.15) is 0 Å². The van der Waals surface area contributed by atoms with Gasteiger partial charge in [-0.3, -0.25) is 0 Å². The molecule has 0 radical (unpaired) electrons. The molecule has 0 N–H and O–H groups in total. The van der Waals surface area contributed by atoms with Crippen LogP contribution >= 0.6 is 0 Å². The Morgan fingerprint density at radius 2 is 1.86 bits per heavy atom. The summed E-state index contributed by atoms with van der Waals surface area (Å²) in [5, 5.41) is 10.1. The van der Waals surface area contributed by atoms with Gasteiger partial charge < -0.3 is 9.90 Å². The van der Waals surface area contributed by atoms with Gasteiger partial charge in [-0.2, -0.15) is 0 Å². The van der Waals surface area contributed by atoms with E-state index in [-0.39, 0.29) is 0 Å². The van der Waals surface area contributed by atoms with Crippen LogP contribution in [-0.4, -0.2) is 5.97 Å². The quantitative estimate of drug-likeness (QED) is 0.677. The maximum atomic E-state index is 10.1. The summed E-state index contributed by atoms with van der Waals surface area (Å²) in [6.45, 7) is 4.23. The van der Waals surface area contributed by atoms with Crippen molar-refractivity contribution in [3.05, 3.63) is 41.5 Å². The van der Waals surface area contributed by atoms with Crippen LogP contribution in [0.1, 0.15) is 30.9 Å². The van der Waals surface area contributed by atoms with Crippen molar-refractivity contribution < 1.29 is 9.90 Å². The van der Waals surface area contributed by atoms with E-state index in [4.69, 9.17) is 0 Å². The molecular formula is C12H13O2-. The van der Waals surface area contributed by atoms with Crippen LogP contribution in [0.3, 0.4) is 0 Å². The molecule has 2 heteroatoms. The highest BCUT2D eigenvalue weighted by atomic mass is 16.4. The second-order valence-corrected chi connectivity index (χ2v) is 3.47.